The Labute approximate surface area is 116 Å². The second-order valence-electron chi connectivity index (χ2n) is 4.97. The topological polar surface area (TPSA) is 61.2 Å². The third kappa shape index (κ3) is 2.85. The van der Waals surface area contributed by atoms with E-state index in [9.17, 15) is 14.0 Å². The van der Waals surface area contributed by atoms with E-state index in [1.807, 2.05) is 0 Å². The summed E-state index contributed by atoms with van der Waals surface area (Å²) in [5.41, 5.74) is 1.19. The van der Waals surface area contributed by atoms with Crippen molar-refractivity contribution in [1.29, 1.82) is 5.26 Å². The molecule has 1 fully saturated rings. The zero-order valence-corrected chi connectivity index (χ0v) is 11.2. The van der Waals surface area contributed by atoms with Gasteiger partial charge in [0, 0.05) is 12.2 Å². The Hall–Kier alpha value is -2.22. The molecular formula is C15H15FN2O2. The Morgan fingerprint density at radius 3 is 2.90 bits per heavy atom. The molecule has 0 N–H and O–H groups in total. The van der Waals surface area contributed by atoms with E-state index in [4.69, 9.17) is 5.26 Å². The standard InChI is InChI=1S/C15H15FN2O2/c1-10-7-11(16)9-12(8-10)18-6-2-3-13(15(18)20)14(19)4-5-17/h7-9,13H,2-4,6H2,1H3/t13-/m1/s1. The zero-order chi connectivity index (χ0) is 14.7. The van der Waals surface area contributed by atoms with Gasteiger partial charge in [-0.05, 0) is 43.5 Å². The number of Topliss-reactive ketones (excluding diaryl/α,β-unsaturated/α-hetero) is 1. The molecule has 0 bridgehead atoms. The van der Waals surface area contributed by atoms with Crippen LogP contribution in [0.2, 0.25) is 0 Å². The van der Waals surface area contributed by atoms with Gasteiger partial charge in [-0.1, -0.05) is 0 Å². The summed E-state index contributed by atoms with van der Waals surface area (Å²) in [6.07, 6.45) is 0.875. The normalized spacial score (nSPS) is 18.8. The number of halogens is 1. The summed E-state index contributed by atoms with van der Waals surface area (Å²) in [5.74, 6) is -1.86. The first kappa shape index (κ1) is 14.2. The predicted octanol–water partition coefficient (Wildman–Crippen LogP) is 2.36. The molecule has 1 aromatic carbocycles. The van der Waals surface area contributed by atoms with Gasteiger partial charge in [0.25, 0.3) is 0 Å². The number of aryl methyl sites for hydroxylation is 1. The Bertz CT molecular complexity index is 572. The lowest BCUT2D eigenvalue weighted by atomic mass is 9.91. The number of benzene rings is 1. The summed E-state index contributed by atoms with van der Waals surface area (Å²) in [7, 11) is 0. The number of ketones is 1. The summed E-state index contributed by atoms with van der Waals surface area (Å²) < 4.78 is 13.4. The summed E-state index contributed by atoms with van der Waals surface area (Å²) >= 11 is 0. The number of hydrogen-bond acceptors (Lipinski definition) is 3. The van der Waals surface area contributed by atoms with Gasteiger partial charge in [-0.2, -0.15) is 5.26 Å². The summed E-state index contributed by atoms with van der Waals surface area (Å²) in [5, 5.41) is 8.56. The minimum absolute atomic E-state index is 0.258. The molecule has 4 nitrogen and oxygen atoms in total. The molecule has 1 aromatic rings. The van der Waals surface area contributed by atoms with Crippen LogP contribution in [0.3, 0.4) is 0 Å². The fraction of sp³-hybridized carbons (Fsp3) is 0.400. The first-order valence-electron chi connectivity index (χ1n) is 6.51. The maximum absolute atomic E-state index is 13.4. The van der Waals surface area contributed by atoms with E-state index in [1.165, 1.54) is 17.0 Å². The Balaban J connectivity index is 2.26. The highest BCUT2D eigenvalue weighted by atomic mass is 19.1. The molecule has 104 valence electrons. The van der Waals surface area contributed by atoms with Crippen LogP contribution < -0.4 is 4.90 Å². The van der Waals surface area contributed by atoms with Gasteiger partial charge < -0.3 is 4.90 Å². The van der Waals surface area contributed by atoms with Crippen LogP contribution in [-0.2, 0) is 9.59 Å². The molecule has 5 heteroatoms. The van der Waals surface area contributed by atoms with Crippen LogP contribution >= 0.6 is 0 Å². The van der Waals surface area contributed by atoms with Crippen LogP contribution in [0.4, 0.5) is 10.1 Å². The number of amides is 1. The molecular weight excluding hydrogens is 259 g/mol. The number of carbonyl (C=O) groups is 2. The van der Waals surface area contributed by atoms with E-state index in [1.54, 1.807) is 19.1 Å². The molecule has 1 aliphatic rings. The number of nitriles is 1. The average Bonchev–Trinajstić information content (AvgIpc) is 2.38. The van der Waals surface area contributed by atoms with Crippen LogP contribution in [0.25, 0.3) is 0 Å². The summed E-state index contributed by atoms with van der Waals surface area (Å²) in [6.45, 7) is 2.22. The largest absolute Gasteiger partial charge is 0.312 e. The smallest absolute Gasteiger partial charge is 0.237 e. The Morgan fingerprint density at radius 2 is 2.25 bits per heavy atom. The molecule has 0 spiro atoms. The lowest BCUT2D eigenvalue weighted by Crippen LogP contribution is -2.44. The molecule has 0 saturated carbocycles. The minimum Gasteiger partial charge on any atom is -0.312 e. The third-order valence-electron chi connectivity index (χ3n) is 3.42. The molecule has 1 heterocycles. The summed E-state index contributed by atoms with van der Waals surface area (Å²) in [6, 6.07) is 6.18. The number of hydrogen-bond donors (Lipinski definition) is 0. The lowest BCUT2D eigenvalue weighted by Gasteiger charge is -2.31. The zero-order valence-electron chi connectivity index (χ0n) is 11.2. The van der Waals surface area contributed by atoms with E-state index >= 15 is 0 Å². The summed E-state index contributed by atoms with van der Waals surface area (Å²) in [4.78, 5) is 25.6. The van der Waals surface area contributed by atoms with Gasteiger partial charge in [0.2, 0.25) is 5.91 Å². The highest BCUT2D eigenvalue weighted by molar-refractivity contribution is 6.09. The van der Waals surface area contributed by atoms with Gasteiger partial charge in [-0.25, -0.2) is 4.39 Å². The second-order valence-corrected chi connectivity index (χ2v) is 4.97. The highest BCUT2D eigenvalue weighted by Crippen LogP contribution is 2.27. The SMILES string of the molecule is Cc1cc(F)cc(N2CCC[C@H](C(=O)CC#N)C2=O)c1. The van der Waals surface area contributed by atoms with Crippen LogP contribution in [0.1, 0.15) is 24.8 Å². The maximum atomic E-state index is 13.4. The first-order valence-corrected chi connectivity index (χ1v) is 6.51. The number of carbonyl (C=O) groups excluding carboxylic acids is 2. The van der Waals surface area contributed by atoms with Crippen LogP contribution in [-0.4, -0.2) is 18.2 Å². The molecule has 0 aliphatic carbocycles. The van der Waals surface area contributed by atoms with Gasteiger partial charge in [-0.15, -0.1) is 0 Å². The molecule has 1 aliphatic heterocycles. The number of anilines is 1. The maximum Gasteiger partial charge on any atom is 0.237 e. The Kier molecular flexibility index (Phi) is 4.14. The van der Waals surface area contributed by atoms with Crippen molar-refractivity contribution in [3.8, 4) is 6.07 Å². The Morgan fingerprint density at radius 1 is 1.50 bits per heavy atom. The fourth-order valence-corrected chi connectivity index (χ4v) is 2.50. The van der Waals surface area contributed by atoms with Crippen molar-refractivity contribution < 1.29 is 14.0 Å². The quantitative estimate of drug-likeness (QED) is 0.795. The van der Waals surface area contributed by atoms with Crippen molar-refractivity contribution in [3.05, 3.63) is 29.6 Å². The van der Waals surface area contributed by atoms with Gasteiger partial charge >= 0.3 is 0 Å². The number of rotatable bonds is 3. The van der Waals surface area contributed by atoms with E-state index in [-0.39, 0.29) is 18.1 Å². The monoisotopic (exact) mass is 274 g/mol. The van der Waals surface area contributed by atoms with E-state index < -0.39 is 11.7 Å². The van der Waals surface area contributed by atoms with Crippen molar-refractivity contribution in [1.82, 2.24) is 0 Å². The lowest BCUT2D eigenvalue weighted by molar-refractivity contribution is -0.133. The van der Waals surface area contributed by atoms with Crippen molar-refractivity contribution >= 4 is 17.4 Å². The first-order chi connectivity index (χ1) is 9.52. The molecule has 1 amide bonds. The van der Waals surface area contributed by atoms with Crippen LogP contribution in [0, 0.1) is 30.0 Å². The van der Waals surface area contributed by atoms with Gasteiger partial charge in [0.15, 0.2) is 5.78 Å². The average molecular weight is 274 g/mol. The molecule has 0 unspecified atom stereocenters. The minimum atomic E-state index is -0.771. The number of piperidine rings is 1. The van der Waals surface area contributed by atoms with E-state index in [0.717, 1.165) is 5.56 Å². The van der Waals surface area contributed by atoms with Crippen molar-refractivity contribution in [2.75, 3.05) is 11.4 Å². The van der Waals surface area contributed by atoms with Crippen LogP contribution in [0.5, 0.6) is 0 Å². The molecule has 20 heavy (non-hydrogen) atoms. The highest BCUT2D eigenvalue weighted by Gasteiger charge is 2.34. The third-order valence-corrected chi connectivity index (χ3v) is 3.42. The van der Waals surface area contributed by atoms with Gasteiger partial charge in [-0.3, -0.25) is 9.59 Å². The van der Waals surface area contributed by atoms with Gasteiger partial charge in [0.1, 0.15) is 5.82 Å². The molecule has 2 rings (SSSR count). The van der Waals surface area contributed by atoms with E-state index in [2.05, 4.69) is 0 Å². The van der Waals surface area contributed by atoms with Crippen molar-refractivity contribution in [2.24, 2.45) is 5.92 Å². The van der Waals surface area contributed by atoms with Gasteiger partial charge in [0.05, 0.1) is 18.4 Å². The van der Waals surface area contributed by atoms with Crippen molar-refractivity contribution in [2.45, 2.75) is 26.2 Å². The van der Waals surface area contributed by atoms with E-state index in [0.29, 0.717) is 25.1 Å². The fourth-order valence-electron chi connectivity index (χ4n) is 2.50. The predicted molar refractivity (Wildman–Crippen MR) is 71.5 cm³/mol. The second kappa shape index (κ2) is 5.83. The van der Waals surface area contributed by atoms with Crippen molar-refractivity contribution in [3.63, 3.8) is 0 Å². The van der Waals surface area contributed by atoms with Crippen LogP contribution in [0.15, 0.2) is 18.2 Å². The molecule has 0 aromatic heterocycles. The molecule has 1 saturated heterocycles. The number of nitrogens with zero attached hydrogens (tertiary/aromatic N) is 2. The molecule has 0 radical (unpaired) electrons. The molecule has 1 atom stereocenters.